The number of fused-ring (bicyclic) bond motifs is 1. The molecule has 2 aliphatic rings. The maximum absolute atomic E-state index is 12.9. The van der Waals surface area contributed by atoms with Gasteiger partial charge in [0, 0.05) is 37.4 Å². The molecule has 2 aromatic carbocycles. The third kappa shape index (κ3) is 5.33. The number of rotatable bonds is 6. The highest BCUT2D eigenvalue weighted by atomic mass is 19.1. The zero-order valence-electron chi connectivity index (χ0n) is 17.3. The zero-order valence-corrected chi connectivity index (χ0v) is 17.3. The van der Waals surface area contributed by atoms with Crippen LogP contribution in [-0.4, -0.2) is 73.6 Å². The fraction of sp³-hybridized carbons (Fsp3) is 0.318. The summed E-state index contributed by atoms with van der Waals surface area (Å²) in [5, 5.41) is 5.35. The van der Waals surface area contributed by atoms with E-state index in [2.05, 4.69) is 10.6 Å². The van der Waals surface area contributed by atoms with Crippen LogP contribution in [0.4, 0.5) is 10.1 Å². The first-order valence-corrected chi connectivity index (χ1v) is 10.2. The van der Waals surface area contributed by atoms with Crippen LogP contribution < -0.4 is 20.1 Å². The SMILES string of the molecule is O=C(CN1CCN(C(=O)CNC(=O)c2ccc3c(c2)OCO3)CC1)Nc1ccc(F)cc1. The van der Waals surface area contributed by atoms with Crippen LogP contribution in [0.3, 0.4) is 0 Å². The van der Waals surface area contributed by atoms with Gasteiger partial charge >= 0.3 is 0 Å². The monoisotopic (exact) mass is 442 g/mol. The predicted octanol–water partition coefficient (Wildman–Crippen LogP) is 1.07. The van der Waals surface area contributed by atoms with E-state index in [9.17, 15) is 18.8 Å². The normalized spacial score (nSPS) is 15.3. The molecule has 0 spiro atoms. The lowest BCUT2D eigenvalue weighted by atomic mass is 10.2. The Balaban J connectivity index is 1.18. The number of hydrogen-bond donors (Lipinski definition) is 2. The fourth-order valence-electron chi connectivity index (χ4n) is 3.50. The smallest absolute Gasteiger partial charge is 0.251 e. The van der Waals surface area contributed by atoms with Gasteiger partial charge in [-0.15, -0.1) is 0 Å². The van der Waals surface area contributed by atoms with Crippen LogP contribution in [0.5, 0.6) is 11.5 Å². The van der Waals surface area contributed by atoms with Crippen molar-refractivity contribution in [3.63, 3.8) is 0 Å². The summed E-state index contributed by atoms with van der Waals surface area (Å²) in [5.41, 5.74) is 0.919. The molecular formula is C22H23FN4O5. The maximum atomic E-state index is 12.9. The number of hydrogen-bond acceptors (Lipinski definition) is 6. The molecular weight excluding hydrogens is 419 g/mol. The molecule has 32 heavy (non-hydrogen) atoms. The Morgan fingerprint density at radius 2 is 1.66 bits per heavy atom. The Morgan fingerprint density at radius 3 is 2.41 bits per heavy atom. The van der Waals surface area contributed by atoms with Crippen molar-refractivity contribution in [1.82, 2.24) is 15.1 Å². The van der Waals surface area contributed by atoms with Crippen LogP contribution in [0.25, 0.3) is 0 Å². The van der Waals surface area contributed by atoms with E-state index in [0.717, 1.165) is 0 Å². The van der Waals surface area contributed by atoms with Crippen LogP contribution in [0.15, 0.2) is 42.5 Å². The van der Waals surface area contributed by atoms with Crippen molar-refractivity contribution >= 4 is 23.4 Å². The number of amides is 3. The summed E-state index contributed by atoms with van der Waals surface area (Å²) in [6.07, 6.45) is 0. The molecule has 2 aromatic rings. The molecule has 9 nitrogen and oxygen atoms in total. The molecule has 0 atom stereocenters. The average Bonchev–Trinajstić information content (AvgIpc) is 3.27. The topological polar surface area (TPSA) is 100 Å². The summed E-state index contributed by atoms with van der Waals surface area (Å²) < 4.78 is 23.4. The number of carbonyl (C=O) groups is 3. The van der Waals surface area contributed by atoms with Gasteiger partial charge in [-0.3, -0.25) is 19.3 Å². The van der Waals surface area contributed by atoms with Crippen molar-refractivity contribution in [2.45, 2.75) is 0 Å². The minimum atomic E-state index is -0.368. The fourth-order valence-corrected chi connectivity index (χ4v) is 3.50. The molecule has 2 heterocycles. The summed E-state index contributed by atoms with van der Waals surface area (Å²) in [6.45, 7) is 2.19. The maximum Gasteiger partial charge on any atom is 0.251 e. The van der Waals surface area contributed by atoms with Gasteiger partial charge in [0.25, 0.3) is 5.91 Å². The van der Waals surface area contributed by atoms with Gasteiger partial charge in [0.2, 0.25) is 18.6 Å². The number of anilines is 1. The second kappa shape index (κ2) is 9.65. The molecule has 168 valence electrons. The van der Waals surface area contributed by atoms with E-state index < -0.39 is 0 Å². The standard InChI is InChI=1S/C22H23FN4O5/c23-16-2-4-17(5-3-16)25-20(28)13-26-7-9-27(10-8-26)21(29)12-24-22(30)15-1-6-18-19(11-15)32-14-31-18/h1-6,11H,7-10,12-14H2,(H,24,30)(H,25,28). The molecule has 0 radical (unpaired) electrons. The number of piperazine rings is 1. The molecule has 0 unspecified atom stereocenters. The average molecular weight is 442 g/mol. The van der Waals surface area contributed by atoms with Gasteiger partial charge in [-0.05, 0) is 42.5 Å². The lowest BCUT2D eigenvalue weighted by Crippen LogP contribution is -2.52. The summed E-state index contributed by atoms with van der Waals surface area (Å²) in [7, 11) is 0. The van der Waals surface area contributed by atoms with Crippen LogP contribution in [0, 0.1) is 5.82 Å². The van der Waals surface area contributed by atoms with E-state index in [1.54, 1.807) is 23.1 Å². The Bertz CT molecular complexity index is 1010. The highest BCUT2D eigenvalue weighted by Crippen LogP contribution is 2.32. The van der Waals surface area contributed by atoms with Crippen molar-refractivity contribution in [3.8, 4) is 11.5 Å². The molecule has 0 aliphatic carbocycles. The molecule has 10 heteroatoms. The first kappa shape index (κ1) is 21.6. The van der Waals surface area contributed by atoms with Crippen LogP contribution in [0.1, 0.15) is 10.4 Å². The third-order valence-electron chi connectivity index (χ3n) is 5.26. The van der Waals surface area contributed by atoms with Crippen LogP contribution in [0.2, 0.25) is 0 Å². The van der Waals surface area contributed by atoms with Gasteiger partial charge in [-0.1, -0.05) is 0 Å². The largest absolute Gasteiger partial charge is 0.454 e. The summed E-state index contributed by atoms with van der Waals surface area (Å²) in [4.78, 5) is 40.6. The van der Waals surface area contributed by atoms with Gasteiger partial charge in [0.15, 0.2) is 11.5 Å². The zero-order chi connectivity index (χ0) is 22.5. The number of ether oxygens (including phenoxy) is 2. The summed E-state index contributed by atoms with van der Waals surface area (Å²) >= 11 is 0. The minimum absolute atomic E-state index is 0.113. The minimum Gasteiger partial charge on any atom is -0.454 e. The van der Waals surface area contributed by atoms with Crippen LogP contribution in [-0.2, 0) is 9.59 Å². The van der Waals surface area contributed by atoms with Gasteiger partial charge in [0.05, 0.1) is 13.1 Å². The molecule has 4 rings (SSSR count). The van der Waals surface area contributed by atoms with E-state index in [1.165, 1.54) is 24.3 Å². The van der Waals surface area contributed by atoms with Crippen molar-refractivity contribution in [2.75, 3.05) is 51.4 Å². The molecule has 0 bridgehead atoms. The van der Waals surface area contributed by atoms with E-state index in [1.807, 2.05) is 4.90 Å². The summed E-state index contributed by atoms with van der Waals surface area (Å²) in [6, 6.07) is 10.4. The van der Waals surface area contributed by atoms with Gasteiger partial charge in [-0.2, -0.15) is 0 Å². The van der Waals surface area contributed by atoms with Crippen molar-refractivity contribution in [2.24, 2.45) is 0 Å². The molecule has 2 N–H and O–H groups in total. The number of nitrogens with zero attached hydrogens (tertiary/aromatic N) is 2. The van der Waals surface area contributed by atoms with Gasteiger partial charge < -0.3 is 25.0 Å². The second-order valence-electron chi connectivity index (χ2n) is 7.46. The first-order chi connectivity index (χ1) is 15.5. The molecule has 2 aliphatic heterocycles. The van der Waals surface area contributed by atoms with Crippen molar-refractivity contribution < 1.29 is 28.2 Å². The predicted molar refractivity (Wildman–Crippen MR) is 113 cm³/mol. The molecule has 0 saturated carbocycles. The van der Waals surface area contributed by atoms with Crippen LogP contribution >= 0.6 is 0 Å². The first-order valence-electron chi connectivity index (χ1n) is 10.2. The van der Waals surface area contributed by atoms with Gasteiger partial charge in [-0.25, -0.2) is 4.39 Å². The van der Waals surface area contributed by atoms with Crippen molar-refractivity contribution in [1.29, 1.82) is 0 Å². The Kier molecular flexibility index (Phi) is 6.50. The number of nitrogens with one attached hydrogen (secondary N) is 2. The van der Waals surface area contributed by atoms with Crippen molar-refractivity contribution in [3.05, 3.63) is 53.8 Å². The molecule has 3 amide bonds. The lowest BCUT2D eigenvalue weighted by Gasteiger charge is -2.34. The highest BCUT2D eigenvalue weighted by Gasteiger charge is 2.23. The lowest BCUT2D eigenvalue weighted by molar-refractivity contribution is -0.132. The molecule has 1 fully saturated rings. The third-order valence-corrected chi connectivity index (χ3v) is 5.26. The quantitative estimate of drug-likeness (QED) is 0.694. The Morgan fingerprint density at radius 1 is 0.938 bits per heavy atom. The van der Waals surface area contributed by atoms with Gasteiger partial charge in [0.1, 0.15) is 5.82 Å². The molecule has 1 saturated heterocycles. The molecule has 0 aromatic heterocycles. The summed E-state index contributed by atoms with van der Waals surface area (Å²) in [5.74, 6) is -0.0316. The van der Waals surface area contributed by atoms with E-state index in [0.29, 0.717) is 48.9 Å². The van der Waals surface area contributed by atoms with E-state index in [-0.39, 0.29) is 43.4 Å². The second-order valence-corrected chi connectivity index (χ2v) is 7.46. The number of carbonyl (C=O) groups excluding carboxylic acids is 3. The Labute approximate surface area is 184 Å². The number of benzene rings is 2. The van der Waals surface area contributed by atoms with E-state index >= 15 is 0 Å². The Hall–Kier alpha value is -3.66. The van der Waals surface area contributed by atoms with E-state index in [4.69, 9.17) is 9.47 Å². The number of halogens is 1. The highest BCUT2D eigenvalue weighted by molar-refractivity contribution is 5.97.